The molecule has 200 valence electrons. The number of rotatable bonds is 12. The molecule has 0 spiro atoms. The Morgan fingerprint density at radius 3 is 2.35 bits per heavy atom. The van der Waals surface area contributed by atoms with Crippen LogP contribution in [0, 0.1) is 0 Å². The van der Waals surface area contributed by atoms with Crippen LogP contribution in [0.3, 0.4) is 0 Å². The van der Waals surface area contributed by atoms with Crippen molar-refractivity contribution in [3.8, 4) is 17.2 Å². The number of nitrogens with zero attached hydrogens (tertiary/aromatic N) is 3. The highest BCUT2D eigenvalue weighted by Crippen LogP contribution is 2.36. The van der Waals surface area contributed by atoms with Crippen LogP contribution in [0.1, 0.15) is 36.9 Å². The van der Waals surface area contributed by atoms with Crippen LogP contribution in [0.15, 0.2) is 47.6 Å². The number of benzene rings is 2. The molecule has 2 aromatic rings. The van der Waals surface area contributed by atoms with E-state index in [0.717, 1.165) is 23.3 Å². The molecule has 37 heavy (non-hydrogen) atoms. The lowest BCUT2D eigenvalue weighted by molar-refractivity contribution is -0.133. The summed E-state index contributed by atoms with van der Waals surface area (Å²) in [5, 5.41) is 9.04. The van der Waals surface area contributed by atoms with E-state index in [-0.39, 0.29) is 31.1 Å². The average Bonchev–Trinajstić information content (AvgIpc) is 3.38. The molecular formula is C27H36N4O6. The molecule has 0 saturated heterocycles. The van der Waals surface area contributed by atoms with E-state index in [4.69, 9.17) is 24.0 Å². The van der Waals surface area contributed by atoms with Gasteiger partial charge in [0.2, 0.25) is 0 Å². The Hall–Kier alpha value is -3.79. The van der Waals surface area contributed by atoms with Crippen molar-refractivity contribution in [3.63, 3.8) is 0 Å². The molecule has 0 radical (unpaired) electrons. The summed E-state index contributed by atoms with van der Waals surface area (Å²) >= 11 is 0. The molecule has 1 aliphatic rings. The molecule has 3 amide bonds. The predicted molar refractivity (Wildman–Crippen MR) is 140 cm³/mol. The summed E-state index contributed by atoms with van der Waals surface area (Å²) in [6.07, 6.45) is 1.27. The summed E-state index contributed by atoms with van der Waals surface area (Å²) in [6, 6.07) is 12.4. The maximum atomic E-state index is 13.6. The summed E-state index contributed by atoms with van der Waals surface area (Å²) in [4.78, 5) is 27.8. The fraction of sp³-hybridized carbons (Fsp3) is 0.444. The lowest BCUT2D eigenvalue weighted by Crippen LogP contribution is -2.47. The Morgan fingerprint density at radius 1 is 1.03 bits per heavy atom. The number of hydrogen-bond donors (Lipinski definition) is 1. The molecule has 0 saturated carbocycles. The van der Waals surface area contributed by atoms with Crippen molar-refractivity contribution in [3.05, 3.63) is 53.6 Å². The minimum Gasteiger partial charge on any atom is -0.497 e. The minimum atomic E-state index is -0.358. The first-order valence-corrected chi connectivity index (χ1v) is 12.2. The van der Waals surface area contributed by atoms with Crippen molar-refractivity contribution in [2.24, 2.45) is 5.10 Å². The minimum absolute atomic E-state index is 0.137. The molecule has 3 rings (SSSR count). The first kappa shape index (κ1) is 27.8. The molecule has 0 unspecified atom stereocenters. The number of methoxy groups -OCH3 is 4. The summed E-state index contributed by atoms with van der Waals surface area (Å²) < 4.78 is 21.4. The summed E-state index contributed by atoms with van der Waals surface area (Å²) in [5.74, 6) is 1.68. The van der Waals surface area contributed by atoms with Crippen LogP contribution in [0.4, 0.5) is 4.79 Å². The Kier molecular flexibility index (Phi) is 10.1. The van der Waals surface area contributed by atoms with Crippen molar-refractivity contribution in [1.82, 2.24) is 15.2 Å². The number of carbonyl (C=O) groups excluding carboxylic acids is 2. The number of amides is 3. The highest BCUT2D eigenvalue weighted by Gasteiger charge is 2.35. The van der Waals surface area contributed by atoms with Gasteiger partial charge in [0.25, 0.3) is 5.91 Å². The second kappa shape index (κ2) is 13.5. The van der Waals surface area contributed by atoms with Crippen molar-refractivity contribution in [2.75, 3.05) is 54.7 Å². The number of hydrogen-bond acceptors (Lipinski definition) is 7. The van der Waals surface area contributed by atoms with Crippen molar-refractivity contribution >= 4 is 17.6 Å². The maximum absolute atomic E-state index is 13.6. The zero-order chi connectivity index (χ0) is 26.8. The van der Waals surface area contributed by atoms with Gasteiger partial charge in [-0.2, -0.15) is 5.10 Å². The molecule has 1 N–H and O–H groups in total. The number of carbonyl (C=O) groups is 2. The summed E-state index contributed by atoms with van der Waals surface area (Å²) in [5.41, 5.74) is 2.38. The van der Waals surface area contributed by atoms with Gasteiger partial charge < -0.3 is 29.2 Å². The van der Waals surface area contributed by atoms with Crippen LogP contribution in [-0.2, 0) is 9.53 Å². The van der Waals surface area contributed by atoms with E-state index in [1.165, 1.54) is 9.91 Å². The third-order valence-corrected chi connectivity index (χ3v) is 6.09. The fourth-order valence-electron chi connectivity index (χ4n) is 4.06. The Balaban J connectivity index is 1.94. The van der Waals surface area contributed by atoms with E-state index in [9.17, 15) is 9.59 Å². The standard InChI is InChI=1S/C27H36N4O6/c1-6-13-28-27(33)30(14-15-34-2)18-26(32)31-24(19-7-9-20(35-3)10-8-19)17-23(29-31)22-12-11-21(36-4)16-25(22)37-5/h7-12,16,24H,6,13-15,17-18H2,1-5H3,(H,28,33)/t24-/m0/s1. The molecule has 1 atom stereocenters. The largest absolute Gasteiger partial charge is 0.497 e. The molecule has 0 fully saturated rings. The maximum Gasteiger partial charge on any atom is 0.317 e. The zero-order valence-corrected chi connectivity index (χ0v) is 22.2. The lowest BCUT2D eigenvalue weighted by Gasteiger charge is -2.27. The number of nitrogens with one attached hydrogen (secondary N) is 1. The molecular weight excluding hydrogens is 476 g/mol. The molecule has 0 aliphatic carbocycles. The van der Waals surface area contributed by atoms with E-state index in [2.05, 4.69) is 5.32 Å². The highest BCUT2D eigenvalue weighted by atomic mass is 16.5. The van der Waals surface area contributed by atoms with Crippen LogP contribution in [0.25, 0.3) is 0 Å². The first-order valence-electron chi connectivity index (χ1n) is 12.2. The second-order valence-corrected chi connectivity index (χ2v) is 8.49. The van der Waals surface area contributed by atoms with Crippen molar-refractivity contribution in [1.29, 1.82) is 0 Å². The van der Waals surface area contributed by atoms with E-state index in [1.54, 1.807) is 34.5 Å². The van der Waals surface area contributed by atoms with Gasteiger partial charge >= 0.3 is 6.03 Å². The van der Waals surface area contributed by atoms with E-state index >= 15 is 0 Å². The van der Waals surface area contributed by atoms with Gasteiger partial charge in [0.1, 0.15) is 23.8 Å². The topological polar surface area (TPSA) is 102 Å². The second-order valence-electron chi connectivity index (χ2n) is 8.49. The monoisotopic (exact) mass is 512 g/mol. The quantitative estimate of drug-likeness (QED) is 0.467. The van der Waals surface area contributed by atoms with Gasteiger partial charge in [-0.15, -0.1) is 0 Å². The molecule has 2 aromatic carbocycles. The average molecular weight is 513 g/mol. The van der Waals surface area contributed by atoms with Gasteiger partial charge in [-0.05, 0) is 36.2 Å². The summed E-state index contributed by atoms with van der Waals surface area (Å²) in [7, 11) is 6.34. The van der Waals surface area contributed by atoms with Crippen molar-refractivity contribution in [2.45, 2.75) is 25.8 Å². The van der Waals surface area contributed by atoms with E-state index in [0.29, 0.717) is 36.8 Å². The summed E-state index contributed by atoms with van der Waals surface area (Å²) in [6.45, 7) is 2.95. The van der Waals surface area contributed by atoms with Crippen LogP contribution < -0.4 is 19.5 Å². The molecule has 0 bridgehead atoms. The van der Waals surface area contributed by atoms with Gasteiger partial charge in [-0.25, -0.2) is 9.80 Å². The van der Waals surface area contributed by atoms with E-state index in [1.807, 2.05) is 43.3 Å². The van der Waals surface area contributed by atoms with Crippen LogP contribution in [0.5, 0.6) is 17.2 Å². The molecule has 10 nitrogen and oxygen atoms in total. The lowest BCUT2D eigenvalue weighted by atomic mass is 9.97. The molecule has 1 aliphatic heterocycles. The number of urea groups is 1. The number of hydrazone groups is 1. The van der Waals surface area contributed by atoms with Crippen LogP contribution in [0.2, 0.25) is 0 Å². The SMILES string of the molecule is CCCNC(=O)N(CCOC)CC(=O)N1N=C(c2ccc(OC)cc2OC)C[C@H]1c1ccc(OC)cc1. The molecule has 1 heterocycles. The van der Waals surface area contributed by atoms with Gasteiger partial charge in [-0.1, -0.05) is 19.1 Å². The normalized spacial score (nSPS) is 14.7. The van der Waals surface area contributed by atoms with Crippen molar-refractivity contribution < 1.29 is 28.5 Å². The van der Waals surface area contributed by atoms with Gasteiger partial charge in [0.05, 0.1) is 39.7 Å². The van der Waals surface area contributed by atoms with Gasteiger partial charge in [-0.3, -0.25) is 4.79 Å². The smallest absolute Gasteiger partial charge is 0.317 e. The van der Waals surface area contributed by atoms with E-state index < -0.39 is 0 Å². The van der Waals surface area contributed by atoms with Gasteiger partial charge in [0, 0.05) is 38.2 Å². The predicted octanol–water partition coefficient (Wildman–Crippen LogP) is 3.46. The molecule has 0 aromatic heterocycles. The van der Waals surface area contributed by atoms with Crippen LogP contribution >= 0.6 is 0 Å². The highest BCUT2D eigenvalue weighted by molar-refractivity contribution is 6.05. The molecule has 10 heteroatoms. The number of ether oxygens (including phenoxy) is 4. The van der Waals surface area contributed by atoms with Crippen LogP contribution in [-0.4, -0.2) is 82.2 Å². The van der Waals surface area contributed by atoms with Gasteiger partial charge in [0.15, 0.2) is 0 Å². The first-order chi connectivity index (χ1) is 17.9. The zero-order valence-electron chi connectivity index (χ0n) is 22.2. The Labute approximate surface area is 218 Å². The fourth-order valence-corrected chi connectivity index (χ4v) is 4.06. The third-order valence-electron chi connectivity index (χ3n) is 6.09. The Bertz CT molecular complexity index is 1090. The Morgan fingerprint density at radius 2 is 1.73 bits per heavy atom. The third kappa shape index (κ3) is 6.91.